The molecule has 2 aromatic rings. The first-order chi connectivity index (χ1) is 11.7. The van der Waals surface area contributed by atoms with Gasteiger partial charge in [0.1, 0.15) is 5.75 Å². The van der Waals surface area contributed by atoms with Crippen molar-refractivity contribution >= 4 is 5.91 Å². The minimum absolute atomic E-state index is 0.0194. The van der Waals surface area contributed by atoms with Gasteiger partial charge in [-0.15, -0.1) is 0 Å². The standard InChI is InChI=1S/C17H23N3O4/c1-3-20(11-12-21)16(22)6-4-5-15-18-17(19-24-15)13-7-9-14(23-2)10-8-13/h7-10,21H,3-6,11-12H2,1-2H3. The van der Waals surface area contributed by atoms with Gasteiger partial charge in [-0.25, -0.2) is 0 Å². The number of likely N-dealkylation sites (N-methyl/N-ethyl adjacent to an activating group) is 1. The van der Waals surface area contributed by atoms with Crippen LogP contribution in [0, 0.1) is 0 Å². The molecule has 0 aliphatic heterocycles. The summed E-state index contributed by atoms with van der Waals surface area (Å²) in [6.45, 7) is 2.85. The number of methoxy groups -OCH3 is 1. The van der Waals surface area contributed by atoms with Crippen LogP contribution in [0.4, 0.5) is 0 Å². The van der Waals surface area contributed by atoms with Gasteiger partial charge in [-0.1, -0.05) is 5.16 Å². The molecule has 7 heteroatoms. The van der Waals surface area contributed by atoms with Gasteiger partial charge in [-0.3, -0.25) is 4.79 Å². The summed E-state index contributed by atoms with van der Waals surface area (Å²) >= 11 is 0. The second-order valence-corrected chi connectivity index (χ2v) is 5.29. The SMILES string of the molecule is CCN(CCO)C(=O)CCCc1nc(-c2ccc(OC)cc2)no1. The molecule has 1 heterocycles. The Morgan fingerprint density at radius 2 is 2.08 bits per heavy atom. The zero-order chi connectivity index (χ0) is 17.4. The maximum Gasteiger partial charge on any atom is 0.226 e. The summed E-state index contributed by atoms with van der Waals surface area (Å²) in [4.78, 5) is 18.0. The number of carbonyl (C=O) groups is 1. The molecule has 0 atom stereocenters. The maximum atomic E-state index is 12.0. The third-order valence-corrected chi connectivity index (χ3v) is 3.70. The fraction of sp³-hybridized carbons (Fsp3) is 0.471. The van der Waals surface area contributed by atoms with E-state index in [-0.39, 0.29) is 12.5 Å². The quantitative estimate of drug-likeness (QED) is 0.754. The number of ether oxygens (including phenoxy) is 1. The minimum atomic E-state index is -0.0194. The van der Waals surface area contributed by atoms with E-state index in [1.54, 1.807) is 12.0 Å². The van der Waals surface area contributed by atoms with Crippen LogP contribution >= 0.6 is 0 Å². The largest absolute Gasteiger partial charge is 0.497 e. The van der Waals surface area contributed by atoms with E-state index in [4.69, 9.17) is 14.4 Å². The lowest BCUT2D eigenvalue weighted by Crippen LogP contribution is -2.33. The van der Waals surface area contributed by atoms with Gasteiger partial charge in [-0.05, 0) is 37.6 Å². The molecule has 7 nitrogen and oxygen atoms in total. The Bertz CT molecular complexity index is 640. The Labute approximate surface area is 141 Å². The molecule has 0 fully saturated rings. The lowest BCUT2D eigenvalue weighted by molar-refractivity contribution is -0.131. The van der Waals surface area contributed by atoms with Gasteiger partial charge in [-0.2, -0.15) is 4.98 Å². The van der Waals surface area contributed by atoms with Crippen LogP contribution in [0.2, 0.25) is 0 Å². The molecule has 0 saturated heterocycles. The molecule has 0 unspecified atom stereocenters. The number of carbonyl (C=O) groups excluding carboxylic acids is 1. The predicted octanol–water partition coefficient (Wildman–Crippen LogP) is 1.91. The average Bonchev–Trinajstić information content (AvgIpc) is 3.08. The molecular formula is C17H23N3O4. The van der Waals surface area contributed by atoms with Crippen molar-refractivity contribution in [3.63, 3.8) is 0 Å². The van der Waals surface area contributed by atoms with Gasteiger partial charge in [0.2, 0.25) is 17.6 Å². The summed E-state index contributed by atoms with van der Waals surface area (Å²) in [6.07, 6.45) is 1.57. The number of hydrogen-bond donors (Lipinski definition) is 1. The van der Waals surface area contributed by atoms with E-state index in [0.717, 1.165) is 11.3 Å². The van der Waals surface area contributed by atoms with Gasteiger partial charge in [0.25, 0.3) is 0 Å². The van der Waals surface area contributed by atoms with E-state index < -0.39 is 0 Å². The van der Waals surface area contributed by atoms with Crippen LogP contribution in [-0.4, -0.2) is 52.9 Å². The summed E-state index contributed by atoms with van der Waals surface area (Å²) in [5.74, 6) is 1.83. The van der Waals surface area contributed by atoms with Crippen LogP contribution in [0.5, 0.6) is 5.75 Å². The molecule has 130 valence electrons. The molecule has 24 heavy (non-hydrogen) atoms. The summed E-state index contributed by atoms with van der Waals surface area (Å²) in [6, 6.07) is 7.41. The molecule has 1 aromatic carbocycles. The van der Waals surface area contributed by atoms with Gasteiger partial charge in [0.05, 0.1) is 13.7 Å². The van der Waals surface area contributed by atoms with E-state index in [2.05, 4.69) is 10.1 Å². The van der Waals surface area contributed by atoms with Crippen molar-refractivity contribution in [1.29, 1.82) is 0 Å². The van der Waals surface area contributed by atoms with Crippen molar-refractivity contribution < 1.29 is 19.2 Å². The third kappa shape index (κ3) is 4.79. The summed E-state index contributed by atoms with van der Waals surface area (Å²) < 4.78 is 10.4. The van der Waals surface area contributed by atoms with Crippen molar-refractivity contribution in [2.75, 3.05) is 26.8 Å². The van der Waals surface area contributed by atoms with E-state index in [1.165, 1.54) is 0 Å². The van der Waals surface area contributed by atoms with Crippen molar-refractivity contribution in [3.8, 4) is 17.1 Å². The Morgan fingerprint density at radius 1 is 1.33 bits per heavy atom. The van der Waals surface area contributed by atoms with Crippen LogP contribution in [-0.2, 0) is 11.2 Å². The second-order valence-electron chi connectivity index (χ2n) is 5.29. The van der Waals surface area contributed by atoms with Crippen LogP contribution in [0.15, 0.2) is 28.8 Å². The van der Waals surface area contributed by atoms with Crippen LogP contribution in [0.3, 0.4) is 0 Å². The number of aliphatic hydroxyl groups is 1. The van der Waals surface area contributed by atoms with Crippen molar-refractivity contribution in [1.82, 2.24) is 15.0 Å². The fourth-order valence-corrected chi connectivity index (χ4v) is 2.34. The molecule has 0 saturated carbocycles. The van der Waals surface area contributed by atoms with Gasteiger partial charge >= 0.3 is 0 Å². The Balaban J connectivity index is 1.86. The van der Waals surface area contributed by atoms with Crippen molar-refractivity contribution in [2.24, 2.45) is 0 Å². The highest BCUT2D eigenvalue weighted by molar-refractivity contribution is 5.76. The first-order valence-corrected chi connectivity index (χ1v) is 8.03. The number of hydrogen-bond acceptors (Lipinski definition) is 6. The number of amides is 1. The van der Waals surface area contributed by atoms with Crippen LogP contribution in [0.1, 0.15) is 25.7 Å². The van der Waals surface area contributed by atoms with Crippen molar-refractivity contribution in [3.05, 3.63) is 30.2 Å². The zero-order valence-electron chi connectivity index (χ0n) is 14.1. The molecule has 0 aliphatic rings. The van der Waals surface area contributed by atoms with E-state index in [0.29, 0.717) is 44.1 Å². The molecule has 0 aliphatic carbocycles. The molecule has 0 radical (unpaired) electrons. The summed E-state index contributed by atoms with van der Waals surface area (Å²) in [5.41, 5.74) is 0.849. The highest BCUT2D eigenvalue weighted by Gasteiger charge is 2.13. The molecule has 1 aromatic heterocycles. The Kier molecular flexibility index (Phi) is 6.74. The van der Waals surface area contributed by atoms with E-state index >= 15 is 0 Å². The highest BCUT2D eigenvalue weighted by Crippen LogP contribution is 2.20. The van der Waals surface area contributed by atoms with E-state index in [1.807, 2.05) is 31.2 Å². The third-order valence-electron chi connectivity index (χ3n) is 3.70. The molecule has 0 bridgehead atoms. The summed E-state index contributed by atoms with van der Waals surface area (Å²) in [7, 11) is 1.61. The lowest BCUT2D eigenvalue weighted by Gasteiger charge is -2.19. The molecule has 0 spiro atoms. The zero-order valence-corrected chi connectivity index (χ0v) is 14.1. The maximum absolute atomic E-state index is 12.0. The minimum Gasteiger partial charge on any atom is -0.497 e. The number of aromatic nitrogens is 2. The molecule has 1 amide bonds. The van der Waals surface area contributed by atoms with Crippen LogP contribution in [0.25, 0.3) is 11.4 Å². The number of rotatable bonds is 9. The van der Waals surface area contributed by atoms with Gasteiger partial charge < -0.3 is 19.3 Å². The smallest absolute Gasteiger partial charge is 0.226 e. The molecule has 2 rings (SSSR count). The fourth-order valence-electron chi connectivity index (χ4n) is 2.34. The highest BCUT2D eigenvalue weighted by atomic mass is 16.5. The van der Waals surface area contributed by atoms with Crippen molar-refractivity contribution in [2.45, 2.75) is 26.2 Å². The first kappa shape index (κ1) is 17.9. The normalized spacial score (nSPS) is 10.6. The lowest BCUT2D eigenvalue weighted by atomic mass is 10.2. The number of aliphatic hydroxyl groups excluding tert-OH is 1. The second kappa shape index (κ2) is 9.02. The van der Waals surface area contributed by atoms with Gasteiger partial charge in [0, 0.05) is 31.5 Å². The first-order valence-electron chi connectivity index (χ1n) is 8.03. The number of aryl methyl sites for hydroxylation is 1. The molecular weight excluding hydrogens is 310 g/mol. The monoisotopic (exact) mass is 333 g/mol. The van der Waals surface area contributed by atoms with Crippen LogP contribution < -0.4 is 4.74 Å². The van der Waals surface area contributed by atoms with Gasteiger partial charge in [0.15, 0.2) is 0 Å². The Hall–Kier alpha value is -2.41. The number of benzene rings is 1. The molecule has 1 N–H and O–H groups in total. The topological polar surface area (TPSA) is 88.7 Å². The predicted molar refractivity (Wildman–Crippen MR) is 88.6 cm³/mol. The number of nitrogens with zero attached hydrogens (tertiary/aromatic N) is 3. The average molecular weight is 333 g/mol. The Morgan fingerprint density at radius 3 is 2.71 bits per heavy atom. The summed E-state index contributed by atoms with van der Waals surface area (Å²) in [5, 5.41) is 12.9. The van der Waals surface area contributed by atoms with E-state index in [9.17, 15) is 4.79 Å².